The van der Waals surface area contributed by atoms with Gasteiger partial charge in [-0.25, -0.2) is 0 Å². The van der Waals surface area contributed by atoms with Crippen molar-refractivity contribution in [3.63, 3.8) is 0 Å². The van der Waals surface area contributed by atoms with E-state index in [9.17, 15) is 4.79 Å². The van der Waals surface area contributed by atoms with E-state index in [-0.39, 0.29) is 5.78 Å². The van der Waals surface area contributed by atoms with E-state index in [1.165, 1.54) is 4.24 Å². The van der Waals surface area contributed by atoms with Crippen molar-refractivity contribution >= 4 is 29.3 Å². The quantitative estimate of drug-likeness (QED) is 0.581. The Morgan fingerprint density at radius 1 is 1.50 bits per heavy atom. The zero-order chi connectivity index (χ0) is 13.0. The second-order valence-electron chi connectivity index (χ2n) is 4.19. The van der Waals surface area contributed by atoms with Gasteiger partial charge in [0.05, 0.1) is 0 Å². The molecule has 0 saturated carbocycles. The average molecular weight is 276 g/mol. The molecule has 0 saturated heterocycles. The third-order valence-corrected chi connectivity index (χ3v) is 5.27. The number of thioether (sulfide) groups is 2. The van der Waals surface area contributed by atoms with Crippen LogP contribution in [0.5, 0.6) is 0 Å². The monoisotopic (exact) mass is 276 g/mol. The third kappa shape index (κ3) is 3.09. The molecule has 1 aliphatic rings. The average Bonchev–Trinajstić information content (AvgIpc) is 2.77. The van der Waals surface area contributed by atoms with E-state index < -0.39 is 0 Å². The predicted molar refractivity (Wildman–Crippen MR) is 82.1 cm³/mol. The number of carbonyl (C=O) groups excluding carboxylic acids is 1. The van der Waals surface area contributed by atoms with E-state index in [2.05, 4.69) is 13.5 Å². The summed E-state index contributed by atoms with van der Waals surface area (Å²) in [7, 11) is 0. The first-order valence-electron chi connectivity index (χ1n) is 5.95. The summed E-state index contributed by atoms with van der Waals surface area (Å²) in [5, 5.41) is 0.500. The Kier molecular flexibility index (Phi) is 4.72. The van der Waals surface area contributed by atoms with Crippen molar-refractivity contribution in [2.45, 2.75) is 18.6 Å². The number of hydrogen-bond donors (Lipinski definition) is 0. The van der Waals surface area contributed by atoms with E-state index in [0.717, 1.165) is 23.3 Å². The topological polar surface area (TPSA) is 17.1 Å². The Hall–Kier alpha value is -0.930. The van der Waals surface area contributed by atoms with E-state index in [0.29, 0.717) is 5.25 Å². The number of allylic oxidation sites excluding steroid dienone is 1. The molecule has 2 rings (SSSR count). The number of hydrogen-bond acceptors (Lipinski definition) is 3. The Labute approximate surface area is 117 Å². The number of ketones is 1. The van der Waals surface area contributed by atoms with Crippen LogP contribution in [-0.2, 0) is 0 Å². The Bertz CT molecular complexity index is 477. The number of carbonyl (C=O) groups is 1. The molecule has 1 heterocycles. The maximum atomic E-state index is 12.5. The Morgan fingerprint density at radius 2 is 2.22 bits per heavy atom. The van der Waals surface area contributed by atoms with Gasteiger partial charge in [0.15, 0.2) is 5.78 Å². The summed E-state index contributed by atoms with van der Waals surface area (Å²) in [6.07, 6.45) is 2.75. The van der Waals surface area contributed by atoms with E-state index in [4.69, 9.17) is 0 Å². The van der Waals surface area contributed by atoms with Gasteiger partial charge in [-0.2, -0.15) is 0 Å². The van der Waals surface area contributed by atoms with Crippen molar-refractivity contribution in [1.29, 1.82) is 0 Å². The smallest absolute Gasteiger partial charge is 0.190 e. The van der Waals surface area contributed by atoms with Crippen molar-refractivity contribution in [2.75, 3.05) is 5.75 Å². The summed E-state index contributed by atoms with van der Waals surface area (Å²) in [6.45, 7) is 5.90. The van der Waals surface area contributed by atoms with Crippen molar-refractivity contribution in [3.05, 3.63) is 58.4 Å². The highest BCUT2D eigenvalue weighted by atomic mass is 32.2. The first-order chi connectivity index (χ1) is 8.72. The largest absolute Gasteiger partial charge is 0.289 e. The molecule has 18 heavy (non-hydrogen) atoms. The van der Waals surface area contributed by atoms with Gasteiger partial charge in [0.25, 0.3) is 0 Å². The fourth-order valence-corrected chi connectivity index (χ4v) is 4.39. The Balaban J connectivity index is 2.23. The summed E-state index contributed by atoms with van der Waals surface area (Å²) in [5.74, 6) is 1.04. The minimum atomic E-state index is 0.180. The van der Waals surface area contributed by atoms with Crippen molar-refractivity contribution < 1.29 is 4.79 Å². The fraction of sp³-hybridized carbons (Fsp3) is 0.267. The van der Waals surface area contributed by atoms with Gasteiger partial charge in [0.1, 0.15) is 0 Å². The van der Waals surface area contributed by atoms with Gasteiger partial charge >= 0.3 is 0 Å². The zero-order valence-corrected chi connectivity index (χ0v) is 12.0. The molecule has 1 aromatic rings. The third-order valence-electron chi connectivity index (χ3n) is 2.69. The van der Waals surface area contributed by atoms with Gasteiger partial charge in [-0.15, -0.1) is 30.1 Å². The minimum absolute atomic E-state index is 0.180. The van der Waals surface area contributed by atoms with Crippen molar-refractivity contribution in [2.24, 2.45) is 0 Å². The van der Waals surface area contributed by atoms with E-state index in [1.54, 1.807) is 11.8 Å². The molecule has 0 amide bonds. The molecule has 0 bridgehead atoms. The Morgan fingerprint density at radius 3 is 2.89 bits per heavy atom. The fourth-order valence-electron chi connectivity index (χ4n) is 1.87. The number of Topliss-reactive ketones (excluding diaryl/α,β-unsaturated/α-hetero) is 1. The molecule has 1 aromatic carbocycles. The van der Waals surface area contributed by atoms with Gasteiger partial charge < -0.3 is 0 Å². The molecule has 0 N–H and O–H groups in total. The summed E-state index contributed by atoms with van der Waals surface area (Å²) in [5.41, 5.74) is 1.77. The van der Waals surface area contributed by atoms with Gasteiger partial charge in [0.2, 0.25) is 0 Å². The molecule has 0 fully saturated rings. The first-order valence-corrected chi connectivity index (χ1v) is 7.82. The predicted octanol–water partition coefficient (Wildman–Crippen LogP) is 4.53. The summed E-state index contributed by atoms with van der Waals surface area (Å²) < 4.78 is 1.18. The number of rotatable bonds is 5. The van der Waals surface area contributed by atoms with Crippen molar-refractivity contribution in [3.8, 4) is 0 Å². The molecular weight excluding hydrogens is 260 g/mol. The lowest BCUT2D eigenvalue weighted by molar-refractivity contribution is 0.103. The molecule has 0 spiro atoms. The molecule has 1 atom stereocenters. The summed E-state index contributed by atoms with van der Waals surface area (Å²) >= 11 is 3.53. The van der Waals surface area contributed by atoms with Crippen LogP contribution in [-0.4, -0.2) is 16.8 Å². The summed E-state index contributed by atoms with van der Waals surface area (Å²) in [6, 6.07) is 9.54. The van der Waals surface area contributed by atoms with Gasteiger partial charge in [0, 0.05) is 26.4 Å². The van der Waals surface area contributed by atoms with Crippen molar-refractivity contribution in [1.82, 2.24) is 0 Å². The highest BCUT2D eigenvalue weighted by Crippen LogP contribution is 2.45. The molecule has 1 unspecified atom stereocenters. The maximum absolute atomic E-state index is 12.5. The minimum Gasteiger partial charge on any atom is -0.289 e. The highest BCUT2D eigenvalue weighted by Gasteiger charge is 2.27. The van der Waals surface area contributed by atoms with Crippen LogP contribution in [0.15, 0.2) is 52.8 Å². The van der Waals surface area contributed by atoms with Crippen LogP contribution in [0.3, 0.4) is 0 Å². The number of benzene rings is 1. The molecule has 0 aromatic heterocycles. The second-order valence-corrected chi connectivity index (χ2v) is 6.93. The van der Waals surface area contributed by atoms with Gasteiger partial charge in [-0.1, -0.05) is 43.3 Å². The highest BCUT2D eigenvalue weighted by molar-refractivity contribution is 8.22. The molecule has 1 aliphatic heterocycles. The van der Waals surface area contributed by atoms with Gasteiger partial charge in [-0.3, -0.25) is 4.79 Å². The first kappa shape index (κ1) is 13.5. The van der Waals surface area contributed by atoms with Crippen LogP contribution in [0, 0.1) is 0 Å². The van der Waals surface area contributed by atoms with Gasteiger partial charge in [-0.05, 0) is 6.42 Å². The maximum Gasteiger partial charge on any atom is 0.190 e. The van der Waals surface area contributed by atoms with E-state index in [1.807, 2.05) is 48.2 Å². The summed E-state index contributed by atoms with van der Waals surface area (Å²) in [4.78, 5) is 12.5. The van der Waals surface area contributed by atoms with Crippen LogP contribution < -0.4 is 0 Å². The normalized spacial score (nSPS) is 19.1. The zero-order valence-electron chi connectivity index (χ0n) is 10.4. The SMILES string of the molecule is C=CCSC1=C(C(=O)c2ccccc2)CC(C)S1. The van der Waals surface area contributed by atoms with E-state index >= 15 is 0 Å². The molecule has 94 valence electrons. The lowest BCUT2D eigenvalue weighted by Crippen LogP contribution is -2.04. The standard InChI is InChI=1S/C15H16OS2/c1-3-9-17-15-13(10-11(2)18-15)14(16)12-7-5-4-6-8-12/h3-8,11H,1,9-10H2,2H3. The molecule has 3 heteroatoms. The lowest BCUT2D eigenvalue weighted by atomic mass is 10.0. The molecule has 0 radical (unpaired) electrons. The van der Waals surface area contributed by atoms with Crippen LogP contribution in [0.2, 0.25) is 0 Å². The van der Waals surface area contributed by atoms with Crippen LogP contribution in [0.4, 0.5) is 0 Å². The van der Waals surface area contributed by atoms with Crippen LogP contribution in [0.25, 0.3) is 0 Å². The molecular formula is C15H16OS2. The van der Waals surface area contributed by atoms with Crippen LogP contribution >= 0.6 is 23.5 Å². The molecule has 0 aliphatic carbocycles. The lowest BCUT2D eigenvalue weighted by Gasteiger charge is -2.04. The second kappa shape index (κ2) is 6.30. The van der Waals surface area contributed by atoms with Crippen LogP contribution in [0.1, 0.15) is 23.7 Å². The molecule has 1 nitrogen and oxygen atoms in total.